The van der Waals surface area contributed by atoms with Crippen LogP contribution in [-0.4, -0.2) is 25.2 Å². The lowest BCUT2D eigenvalue weighted by Gasteiger charge is -1.97. The Bertz CT molecular complexity index is 1070. The highest BCUT2D eigenvalue weighted by atomic mass is 35.5. The Hall–Kier alpha value is -3.06. The summed E-state index contributed by atoms with van der Waals surface area (Å²) in [5, 5.41) is 16.4. The van der Waals surface area contributed by atoms with Crippen molar-refractivity contribution in [3.8, 4) is 0 Å². The second-order valence-corrected chi connectivity index (χ2v) is 5.68. The molecule has 0 spiro atoms. The maximum Gasteiger partial charge on any atom is 0.240 e. The van der Waals surface area contributed by atoms with Gasteiger partial charge >= 0.3 is 0 Å². The van der Waals surface area contributed by atoms with Crippen LogP contribution in [0.1, 0.15) is 17.3 Å². The predicted molar refractivity (Wildman–Crippen MR) is 91.3 cm³/mol. The molecule has 0 saturated heterocycles. The van der Waals surface area contributed by atoms with E-state index in [2.05, 4.69) is 20.5 Å². The van der Waals surface area contributed by atoms with E-state index in [4.69, 9.17) is 16.0 Å². The van der Waals surface area contributed by atoms with E-state index in [-0.39, 0.29) is 5.82 Å². The first-order valence-electron chi connectivity index (χ1n) is 7.43. The number of benzene rings is 2. The Morgan fingerprint density at radius 2 is 1.96 bits per heavy atom. The lowest BCUT2D eigenvalue weighted by Crippen LogP contribution is -2.02. The first-order chi connectivity index (χ1) is 12.2. The van der Waals surface area contributed by atoms with Crippen LogP contribution in [0, 0.1) is 5.82 Å². The van der Waals surface area contributed by atoms with Crippen molar-refractivity contribution in [1.29, 1.82) is 0 Å². The van der Waals surface area contributed by atoms with Gasteiger partial charge in [-0.15, -0.1) is 15.3 Å². The summed E-state index contributed by atoms with van der Waals surface area (Å²) in [6.45, 7) is 0.318. The van der Waals surface area contributed by atoms with Crippen LogP contribution >= 0.6 is 11.6 Å². The summed E-state index contributed by atoms with van der Waals surface area (Å²) in [7, 11) is 0. The van der Waals surface area contributed by atoms with Crippen molar-refractivity contribution in [3.05, 3.63) is 70.6 Å². The topological polar surface area (TPSA) is 69.6 Å². The molecule has 0 radical (unpaired) electrons. The van der Waals surface area contributed by atoms with Gasteiger partial charge in [0.25, 0.3) is 0 Å². The van der Waals surface area contributed by atoms with Crippen LogP contribution in [0.3, 0.4) is 0 Å². The van der Waals surface area contributed by atoms with Gasteiger partial charge in [-0.2, -0.15) is 0 Å². The maximum atomic E-state index is 13.0. The molecule has 0 atom stereocenters. The van der Waals surface area contributed by atoms with E-state index in [9.17, 15) is 4.39 Å². The van der Waals surface area contributed by atoms with E-state index in [1.165, 1.54) is 12.1 Å². The van der Waals surface area contributed by atoms with Gasteiger partial charge in [0.15, 0.2) is 0 Å². The van der Waals surface area contributed by atoms with Gasteiger partial charge in [-0.3, -0.25) is 0 Å². The molecule has 8 heteroatoms. The van der Waals surface area contributed by atoms with E-state index < -0.39 is 0 Å². The van der Waals surface area contributed by atoms with Gasteiger partial charge in [-0.1, -0.05) is 35.0 Å². The minimum atomic E-state index is -0.387. The fraction of sp³-hybridized carbons (Fsp3) is 0.0588. The minimum absolute atomic E-state index is 0.310. The van der Waals surface area contributed by atoms with Crippen molar-refractivity contribution in [2.45, 2.75) is 6.54 Å². The van der Waals surface area contributed by atoms with Gasteiger partial charge in [-0.05, 0) is 35.9 Å². The molecule has 4 rings (SSSR count). The Kier molecular flexibility index (Phi) is 3.99. The molecule has 2 heterocycles. The van der Waals surface area contributed by atoms with Crippen molar-refractivity contribution in [3.63, 3.8) is 0 Å². The van der Waals surface area contributed by atoms with E-state index in [1.54, 1.807) is 22.9 Å². The number of hydrogen-bond donors (Lipinski definition) is 0. The summed E-state index contributed by atoms with van der Waals surface area (Å²) >= 11 is 5.97. The molecule has 4 aromatic rings. The largest absolute Gasteiger partial charge is 0.419 e. The van der Waals surface area contributed by atoms with Crippen molar-refractivity contribution in [1.82, 2.24) is 25.2 Å². The molecule has 6 nitrogen and oxygen atoms in total. The maximum absolute atomic E-state index is 13.0. The smallest absolute Gasteiger partial charge is 0.240 e. The monoisotopic (exact) mass is 355 g/mol. The molecule has 2 aromatic carbocycles. The van der Waals surface area contributed by atoms with Gasteiger partial charge in [-0.25, -0.2) is 9.07 Å². The average molecular weight is 356 g/mol. The third-order valence-corrected chi connectivity index (χ3v) is 3.88. The number of fused-ring (bicyclic) bond motifs is 1. The standard InChI is InChI=1S/C17H11ClFN5O/c18-13-9-12(19)7-5-11(13)6-8-16-21-22-17(25-16)10-24-15-4-2-1-3-14(15)20-23-24/h1-9H,10H2/b8-6+. The molecule has 0 saturated carbocycles. The molecular formula is C17H11ClFN5O. The zero-order valence-corrected chi connectivity index (χ0v) is 13.6. The molecule has 25 heavy (non-hydrogen) atoms. The van der Waals surface area contributed by atoms with E-state index in [1.807, 2.05) is 24.3 Å². The normalized spacial score (nSPS) is 11.6. The van der Waals surface area contributed by atoms with Gasteiger partial charge < -0.3 is 4.42 Å². The van der Waals surface area contributed by atoms with Gasteiger partial charge in [0, 0.05) is 6.08 Å². The lowest BCUT2D eigenvalue weighted by atomic mass is 10.2. The summed E-state index contributed by atoms with van der Waals surface area (Å²) in [6.07, 6.45) is 3.30. The van der Waals surface area contributed by atoms with Crippen LogP contribution in [0.4, 0.5) is 4.39 Å². The summed E-state index contributed by atoms with van der Waals surface area (Å²) in [4.78, 5) is 0. The fourth-order valence-corrected chi connectivity index (χ4v) is 2.59. The Morgan fingerprint density at radius 1 is 1.08 bits per heavy atom. The zero-order chi connectivity index (χ0) is 17.2. The van der Waals surface area contributed by atoms with E-state index in [0.29, 0.717) is 28.9 Å². The highest BCUT2D eigenvalue weighted by Gasteiger charge is 2.09. The van der Waals surface area contributed by atoms with Gasteiger partial charge in [0.2, 0.25) is 11.8 Å². The third kappa shape index (κ3) is 3.27. The quantitative estimate of drug-likeness (QED) is 0.556. The molecule has 0 N–H and O–H groups in total. The first-order valence-corrected chi connectivity index (χ1v) is 7.80. The van der Waals surface area contributed by atoms with Crippen molar-refractivity contribution >= 4 is 34.8 Å². The molecule has 0 aliphatic carbocycles. The molecule has 0 bridgehead atoms. The molecule has 0 amide bonds. The highest BCUT2D eigenvalue weighted by Crippen LogP contribution is 2.20. The molecule has 0 unspecified atom stereocenters. The number of rotatable bonds is 4. The van der Waals surface area contributed by atoms with Crippen LogP contribution in [0.5, 0.6) is 0 Å². The highest BCUT2D eigenvalue weighted by molar-refractivity contribution is 6.32. The second-order valence-electron chi connectivity index (χ2n) is 5.27. The van der Waals surface area contributed by atoms with Crippen LogP contribution in [-0.2, 0) is 6.54 Å². The van der Waals surface area contributed by atoms with Crippen molar-refractivity contribution < 1.29 is 8.81 Å². The summed E-state index contributed by atoms with van der Waals surface area (Å²) < 4.78 is 20.3. The molecule has 2 aromatic heterocycles. The SMILES string of the molecule is Fc1ccc(/C=C/c2nnc(Cn3nnc4ccccc43)o2)c(Cl)c1. The number of nitrogens with zero attached hydrogens (tertiary/aromatic N) is 5. The Morgan fingerprint density at radius 3 is 2.84 bits per heavy atom. The number of halogens is 2. The second kappa shape index (κ2) is 6.45. The number of para-hydroxylation sites is 1. The zero-order valence-electron chi connectivity index (χ0n) is 12.8. The summed E-state index contributed by atoms with van der Waals surface area (Å²) in [6, 6.07) is 11.8. The number of aromatic nitrogens is 5. The molecule has 124 valence electrons. The minimum Gasteiger partial charge on any atom is -0.419 e. The average Bonchev–Trinajstić information content (AvgIpc) is 3.22. The van der Waals surface area contributed by atoms with E-state index in [0.717, 1.165) is 11.0 Å². The predicted octanol–water partition coefficient (Wildman–Crippen LogP) is 3.83. The molecule has 0 fully saturated rings. The van der Waals surface area contributed by atoms with Crippen molar-refractivity contribution in [2.24, 2.45) is 0 Å². The van der Waals surface area contributed by atoms with Gasteiger partial charge in [0.05, 0.1) is 10.5 Å². The molecular weight excluding hydrogens is 345 g/mol. The van der Waals surface area contributed by atoms with Crippen LogP contribution in [0.15, 0.2) is 46.9 Å². The molecule has 0 aliphatic heterocycles. The Balaban J connectivity index is 1.53. The third-order valence-electron chi connectivity index (χ3n) is 3.56. The van der Waals surface area contributed by atoms with Crippen LogP contribution < -0.4 is 0 Å². The van der Waals surface area contributed by atoms with E-state index >= 15 is 0 Å². The number of hydrogen-bond acceptors (Lipinski definition) is 5. The van der Waals surface area contributed by atoms with Crippen LogP contribution in [0.25, 0.3) is 23.2 Å². The summed E-state index contributed by atoms with van der Waals surface area (Å²) in [5.41, 5.74) is 2.34. The molecule has 0 aliphatic rings. The fourth-order valence-electron chi connectivity index (χ4n) is 2.36. The van der Waals surface area contributed by atoms with Gasteiger partial charge in [0.1, 0.15) is 17.9 Å². The van der Waals surface area contributed by atoms with Crippen molar-refractivity contribution in [2.75, 3.05) is 0 Å². The van der Waals surface area contributed by atoms with Crippen LogP contribution in [0.2, 0.25) is 5.02 Å². The summed E-state index contributed by atoms with van der Waals surface area (Å²) in [5.74, 6) is 0.336. The first kappa shape index (κ1) is 15.5. The lowest BCUT2D eigenvalue weighted by molar-refractivity contribution is 0.458. The Labute approximate surface area is 146 Å².